The number of carbonyl (C=O) groups is 1. The lowest BCUT2D eigenvalue weighted by Crippen LogP contribution is -2.44. The number of nitrogens with zero attached hydrogens (tertiary/aromatic N) is 2. The lowest BCUT2D eigenvalue weighted by atomic mass is 10.1. The van der Waals surface area contributed by atoms with Gasteiger partial charge < -0.3 is 5.32 Å². The normalized spacial score (nSPS) is 13.2. The Hall–Kier alpha value is -2.99. The Morgan fingerprint density at radius 3 is 2.53 bits per heavy atom. The van der Waals surface area contributed by atoms with Crippen molar-refractivity contribution in [3.8, 4) is 11.3 Å². The molecule has 1 heterocycles. The van der Waals surface area contributed by atoms with Crippen LogP contribution in [0.15, 0.2) is 60.7 Å². The molecule has 3 rings (SSSR count). The second-order valence-electron chi connectivity index (χ2n) is 7.69. The summed E-state index contributed by atoms with van der Waals surface area (Å²) in [5, 5.41) is 10.4. The minimum absolute atomic E-state index is 0.0222. The molecule has 2 atom stereocenters. The van der Waals surface area contributed by atoms with Gasteiger partial charge in [-0.05, 0) is 76.2 Å². The zero-order valence-corrected chi connectivity index (χ0v) is 17.7. The van der Waals surface area contributed by atoms with E-state index in [2.05, 4.69) is 20.4 Å². The smallest absolute Gasteiger partial charge is 0.237 e. The number of carbonyl (C=O) groups excluding carboxylic acids is 1. The summed E-state index contributed by atoms with van der Waals surface area (Å²) in [4.78, 5) is 14.6. The molecule has 0 bridgehead atoms. The molecule has 6 heteroatoms. The predicted octanol–water partition coefficient (Wildman–Crippen LogP) is 4.35. The molecule has 2 unspecified atom stereocenters. The van der Waals surface area contributed by atoms with Crippen molar-refractivity contribution in [3.63, 3.8) is 0 Å². The largest absolute Gasteiger partial charge is 0.348 e. The van der Waals surface area contributed by atoms with Gasteiger partial charge in [0.15, 0.2) is 0 Å². The number of likely N-dealkylation sites (N-methyl/N-ethyl adjacent to an activating group) is 1. The number of aryl methyl sites for hydroxylation is 1. The minimum atomic E-state index is -0.256. The highest BCUT2D eigenvalue weighted by Crippen LogP contribution is 2.18. The number of hydrogen-bond donors (Lipinski definition) is 2. The van der Waals surface area contributed by atoms with Crippen molar-refractivity contribution in [1.29, 1.82) is 0 Å². The van der Waals surface area contributed by atoms with Crippen molar-refractivity contribution in [1.82, 2.24) is 20.4 Å². The SMILES string of the molecule is CC(NC(=O)C(C)N(C)CCCc1cc(-c2ccc(F)cc2)n[nH]1)c1ccccc1. The lowest BCUT2D eigenvalue weighted by Gasteiger charge is -2.25. The van der Waals surface area contributed by atoms with Crippen LogP contribution in [-0.2, 0) is 11.2 Å². The van der Waals surface area contributed by atoms with Crippen LogP contribution in [0.4, 0.5) is 4.39 Å². The predicted molar refractivity (Wildman–Crippen MR) is 117 cm³/mol. The number of hydrogen-bond acceptors (Lipinski definition) is 3. The second kappa shape index (κ2) is 10.2. The molecule has 2 N–H and O–H groups in total. The molecular formula is C24H29FN4O. The summed E-state index contributed by atoms with van der Waals surface area (Å²) in [6.45, 7) is 4.71. The lowest BCUT2D eigenvalue weighted by molar-refractivity contribution is -0.126. The Bertz CT molecular complexity index is 939. The highest BCUT2D eigenvalue weighted by Gasteiger charge is 2.19. The molecule has 1 aromatic heterocycles. The second-order valence-corrected chi connectivity index (χ2v) is 7.69. The first-order chi connectivity index (χ1) is 14.4. The Labute approximate surface area is 177 Å². The van der Waals surface area contributed by atoms with Crippen LogP contribution in [0.1, 0.15) is 37.6 Å². The van der Waals surface area contributed by atoms with Crippen LogP contribution in [0.3, 0.4) is 0 Å². The number of halogens is 1. The monoisotopic (exact) mass is 408 g/mol. The van der Waals surface area contributed by atoms with Gasteiger partial charge in [0.2, 0.25) is 5.91 Å². The molecule has 0 radical (unpaired) electrons. The number of rotatable bonds is 9. The molecule has 3 aromatic rings. The van der Waals surface area contributed by atoms with Crippen LogP contribution in [0.2, 0.25) is 0 Å². The number of aromatic nitrogens is 2. The van der Waals surface area contributed by atoms with Gasteiger partial charge in [-0.25, -0.2) is 4.39 Å². The Morgan fingerprint density at radius 1 is 1.13 bits per heavy atom. The first-order valence-electron chi connectivity index (χ1n) is 10.3. The van der Waals surface area contributed by atoms with E-state index in [9.17, 15) is 9.18 Å². The van der Waals surface area contributed by atoms with E-state index < -0.39 is 0 Å². The van der Waals surface area contributed by atoms with E-state index in [1.807, 2.05) is 57.3 Å². The number of aromatic amines is 1. The number of H-pyrrole nitrogens is 1. The van der Waals surface area contributed by atoms with Gasteiger partial charge in [0.05, 0.1) is 17.8 Å². The standard InChI is InChI=1S/C24H29FN4O/c1-17(19-8-5-4-6-9-19)26-24(30)18(2)29(3)15-7-10-22-16-23(28-27-22)20-11-13-21(25)14-12-20/h4-6,8-9,11-14,16-18H,7,10,15H2,1-3H3,(H,26,30)(H,27,28). The highest BCUT2D eigenvalue weighted by molar-refractivity contribution is 5.81. The molecule has 30 heavy (non-hydrogen) atoms. The average Bonchev–Trinajstić information content (AvgIpc) is 3.23. The molecule has 2 aromatic carbocycles. The zero-order chi connectivity index (χ0) is 21.5. The summed E-state index contributed by atoms with van der Waals surface area (Å²) in [6.07, 6.45) is 1.72. The third-order valence-electron chi connectivity index (χ3n) is 5.43. The summed E-state index contributed by atoms with van der Waals surface area (Å²) in [6, 6.07) is 18.0. The molecule has 0 aliphatic rings. The van der Waals surface area contributed by atoms with E-state index >= 15 is 0 Å². The molecule has 5 nitrogen and oxygen atoms in total. The minimum Gasteiger partial charge on any atom is -0.348 e. The van der Waals surface area contributed by atoms with Crippen LogP contribution in [-0.4, -0.2) is 40.6 Å². The molecule has 0 aliphatic carbocycles. The van der Waals surface area contributed by atoms with E-state index in [0.29, 0.717) is 0 Å². The quantitative estimate of drug-likeness (QED) is 0.553. The molecule has 0 saturated heterocycles. The van der Waals surface area contributed by atoms with Gasteiger partial charge in [0, 0.05) is 11.3 Å². The topological polar surface area (TPSA) is 61.0 Å². The summed E-state index contributed by atoms with van der Waals surface area (Å²) < 4.78 is 13.1. The Morgan fingerprint density at radius 2 is 1.83 bits per heavy atom. The van der Waals surface area contributed by atoms with Crippen LogP contribution >= 0.6 is 0 Å². The molecule has 0 fully saturated rings. The van der Waals surface area contributed by atoms with Crippen molar-refractivity contribution < 1.29 is 9.18 Å². The maximum Gasteiger partial charge on any atom is 0.237 e. The van der Waals surface area contributed by atoms with E-state index in [0.717, 1.165) is 41.9 Å². The summed E-state index contributed by atoms with van der Waals surface area (Å²) in [5.41, 5.74) is 3.81. The maximum absolute atomic E-state index is 13.1. The van der Waals surface area contributed by atoms with Gasteiger partial charge in [-0.1, -0.05) is 30.3 Å². The van der Waals surface area contributed by atoms with Crippen LogP contribution in [0.25, 0.3) is 11.3 Å². The Kier molecular flexibility index (Phi) is 7.36. The van der Waals surface area contributed by atoms with Gasteiger partial charge in [0.1, 0.15) is 5.82 Å². The van der Waals surface area contributed by atoms with Crippen molar-refractivity contribution in [2.24, 2.45) is 0 Å². The van der Waals surface area contributed by atoms with Crippen LogP contribution in [0.5, 0.6) is 0 Å². The molecular weight excluding hydrogens is 379 g/mol. The summed E-state index contributed by atoms with van der Waals surface area (Å²) in [7, 11) is 1.97. The molecule has 0 aliphatic heterocycles. The van der Waals surface area contributed by atoms with Gasteiger partial charge in [-0.15, -0.1) is 0 Å². The third kappa shape index (κ3) is 5.76. The van der Waals surface area contributed by atoms with Gasteiger partial charge in [-0.2, -0.15) is 5.10 Å². The zero-order valence-electron chi connectivity index (χ0n) is 17.7. The maximum atomic E-state index is 13.1. The van der Waals surface area contributed by atoms with Gasteiger partial charge in [0.25, 0.3) is 0 Å². The fourth-order valence-electron chi connectivity index (χ4n) is 3.33. The van der Waals surface area contributed by atoms with Crippen LogP contribution < -0.4 is 5.32 Å². The van der Waals surface area contributed by atoms with Crippen LogP contribution in [0, 0.1) is 5.82 Å². The Balaban J connectivity index is 1.45. The average molecular weight is 409 g/mol. The van der Waals surface area contributed by atoms with E-state index in [1.54, 1.807) is 12.1 Å². The first kappa shape index (κ1) is 21.7. The third-order valence-corrected chi connectivity index (χ3v) is 5.43. The highest BCUT2D eigenvalue weighted by atomic mass is 19.1. The van der Waals surface area contributed by atoms with Crippen molar-refractivity contribution in [2.45, 2.75) is 38.8 Å². The fourth-order valence-corrected chi connectivity index (χ4v) is 3.33. The summed E-state index contributed by atoms with van der Waals surface area (Å²) in [5.74, 6) is -0.233. The van der Waals surface area contributed by atoms with Gasteiger partial charge >= 0.3 is 0 Å². The molecule has 158 valence electrons. The number of amides is 1. The summed E-state index contributed by atoms with van der Waals surface area (Å²) >= 11 is 0. The van der Waals surface area contributed by atoms with Gasteiger partial charge in [-0.3, -0.25) is 14.8 Å². The first-order valence-corrected chi connectivity index (χ1v) is 10.3. The van der Waals surface area contributed by atoms with Crippen molar-refractivity contribution in [2.75, 3.05) is 13.6 Å². The van der Waals surface area contributed by atoms with Crippen molar-refractivity contribution in [3.05, 3.63) is 77.7 Å². The van der Waals surface area contributed by atoms with E-state index in [-0.39, 0.29) is 23.8 Å². The molecule has 0 saturated carbocycles. The molecule has 0 spiro atoms. The van der Waals surface area contributed by atoms with E-state index in [4.69, 9.17) is 0 Å². The molecule has 1 amide bonds. The van der Waals surface area contributed by atoms with E-state index in [1.165, 1.54) is 12.1 Å². The number of benzene rings is 2. The fraction of sp³-hybridized carbons (Fsp3) is 0.333. The van der Waals surface area contributed by atoms with Crippen molar-refractivity contribution >= 4 is 5.91 Å². The number of nitrogens with one attached hydrogen (secondary N) is 2.